The Balaban J connectivity index is 1.98. The van der Waals surface area contributed by atoms with Gasteiger partial charge in [0.25, 0.3) is 10.0 Å². The molecule has 0 bridgehead atoms. The van der Waals surface area contributed by atoms with Gasteiger partial charge in [-0.15, -0.1) is 0 Å². The van der Waals surface area contributed by atoms with Crippen LogP contribution < -0.4 is 4.72 Å². The van der Waals surface area contributed by atoms with Crippen molar-refractivity contribution < 1.29 is 21.6 Å². The van der Waals surface area contributed by atoms with Crippen LogP contribution in [0.5, 0.6) is 0 Å². The smallest absolute Gasteiger partial charge is 0.280 e. The second kappa shape index (κ2) is 6.24. The highest BCUT2D eigenvalue weighted by molar-refractivity contribution is 7.92. The third-order valence-corrected chi connectivity index (χ3v) is 5.26. The normalized spacial score (nSPS) is 12.3. The van der Waals surface area contributed by atoms with Crippen molar-refractivity contribution in [1.29, 1.82) is 0 Å². The van der Waals surface area contributed by atoms with Gasteiger partial charge >= 0.3 is 6.18 Å². The molecule has 0 aliphatic rings. The standard InChI is InChI=1S/C17H11ClF3NO2S/c18-16-8-6-13(10-15(16)17(19,20)21)22-25(23,24)14-7-5-11-3-1-2-4-12(11)9-14/h1-10,22H. The zero-order valence-corrected chi connectivity index (χ0v) is 14.1. The minimum atomic E-state index is -4.68. The number of anilines is 1. The first-order valence-corrected chi connectivity index (χ1v) is 8.91. The average molecular weight is 386 g/mol. The van der Waals surface area contributed by atoms with Crippen molar-refractivity contribution in [2.75, 3.05) is 4.72 Å². The molecule has 0 unspecified atom stereocenters. The molecule has 25 heavy (non-hydrogen) atoms. The molecular weight excluding hydrogens is 375 g/mol. The van der Waals surface area contributed by atoms with Crippen molar-refractivity contribution in [2.24, 2.45) is 0 Å². The number of benzene rings is 3. The van der Waals surface area contributed by atoms with Crippen LogP contribution in [-0.2, 0) is 16.2 Å². The molecule has 0 heterocycles. The van der Waals surface area contributed by atoms with E-state index in [0.717, 1.165) is 11.5 Å². The maximum absolute atomic E-state index is 12.9. The summed E-state index contributed by atoms with van der Waals surface area (Å²) in [5, 5.41) is 1.06. The Morgan fingerprint density at radius 3 is 2.24 bits per heavy atom. The number of halogens is 4. The third-order valence-electron chi connectivity index (χ3n) is 3.56. The predicted molar refractivity (Wildman–Crippen MR) is 91.2 cm³/mol. The van der Waals surface area contributed by atoms with Crippen molar-refractivity contribution in [2.45, 2.75) is 11.1 Å². The molecule has 0 atom stereocenters. The monoisotopic (exact) mass is 385 g/mol. The highest BCUT2D eigenvalue weighted by Crippen LogP contribution is 2.36. The van der Waals surface area contributed by atoms with Gasteiger partial charge in [0, 0.05) is 5.69 Å². The molecular formula is C17H11ClF3NO2S. The Morgan fingerprint density at radius 1 is 0.880 bits per heavy atom. The van der Waals surface area contributed by atoms with Crippen LogP contribution in [0.2, 0.25) is 5.02 Å². The van der Waals surface area contributed by atoms with E-state index in [2.05, 4.69) is 4.72 Å². The van der Waals surface area contributed by atoms with Crippen molar-refractivity contribution in [3.63, 3.8) is 0 Å². The highest BCUT2D eigenvalue weighted by atomic mass is 35.5. The molecule has 130 valence electrons. The number of hydrogen-bond acceptors (Lipinski definition) is 2. The summed E-state index contributed by atoms with van der Waals surface area (Å²) in [7, 11) is -4.04. The quantitative estimate of drug-likeness (QED) is 0.663. The van der Waals surface area contributed by atoms with E-state index in [1.807, 2.05) is 12.1 Å². The number of sulfonamides is 1. The van der Waals surface area contributed by atoms with Gasteiger partial charge in [-0.05, 0) is 41.1 Å². The first-order valence-electron chi connectivity index (χ1n) is 7.05. The van der Waals surface area contributed by atoms with E-state index in [9.17, 15) is 21.6 Å². The lowest BCUT2D eigenvalue weighted by molar-refractivity contribution is -0.137. The van der Waals surface area contributed by atoms with Gasteiger partial charge in [0.15, 0.2) is 0 Å². The van der Waals surface area contributed by atoms with Crippen LogP contribution in [0.3, 0.4) is 0 Å². The summed E-state index contributed by atoms with van der Waals surface area (Å²) in [4.78, 5) is -0.0466. The summed E-state index contributed by atoms with van der Waals surface area (Å²) in [6.45, 7) is 0. The first kappa shape index (κ1) is 17.6. The van der Waals surface area contributed by atoms with E-state index in [4.69, 9.17) is 11.6 Å². The Kier molecular flexibility index (Phi) is 4.38. The lowest BCUT2D eigenvalue weighted by Crippen LogP contribution is -2.14. The Hall–Kier alpha value is -2.25. The van der Waals surface area contributed by atoms with E-state index >= 15 is 0 Å². The van der Waals surface area contributed by atoms with Gasteiger partial charge in [-0.2, -0.15) is 13.2 Å². The summed E-state index contributed by atoms with van der Waals surface area (Å²) >= 11 is 5.54. The summed E-state index contributed by atoms with van der Waals surface area (Å²) in [6, 6.07) is 14.5. The van der Waals surface area contributed by atoms with Crippen LogP contribution >= 0.6 is 11.6 Å². The summed E-state index contributed by atoms with van der Waals surface area (Å²) in [5.74, 6) is 0. The second-order valence-electron chi connectivity index (χ2n) is 5.31. The van der Waals surface area contributed by atoms with E-state index < -0.39 is 26.8 Å². The van der Waals surface area contributed by atoms with Gasteiger partial charge in [-0.3, -0.25) is 4.72 Å². The van der Waals surface area contributed by atoms with Crippen molar-refractivity contribution in [3.05, 3.63) is 71.2 Å². The molecule has 0 aliphatic heterocycles. The molecule has 3 aromatic rings. The van der Waals surface area contributed by atoms with Crippen molar-refractivity contribution in [3.8, 4) is 0 Å². The molecule has 0 fully saturated rings. The summed E-state index contributed by atoms with van der Waals surface area (Å²) in [5.41, 5.74) is -1.32. The molecule has 1 N–H and O–H groups in total. The fraction of sp³-hybridized carbons (Fsp3) is 0.0588. The Morgan fingerprint density at radius 2 is 1.56 bits per heavy atom. The van der Waals surface area contributed by atoms with E-state index in [-0.39, 0.29) is 10.6 Å². The summed E-state index contributed by atoms with van der Waals surface area (Å²) in [6.07, 6.45) is -4.68. The lowest BCUT2D eigenvalue weighted by atomic mass is 10.1. The molecule has 0 radical (unpaired) electrons. The third kappa shape index (κ3) is 3.72. The molecule has 0 aromatic heterocycles. The van der Waals surface area contributed by atoms with Gasteiger partial charge < -0.3 is 0 Å². The topological polar surface area (TPSA) is 46.2 Å². The first-order chi connectivity index (χ1) is 11.7. The fourth-order valence-electron chi connectivity index (χ4n) is 2.35. The number of hydrogen-bond donors (Lipinski definition) is 1. The lowest BCUT2D eigenvalue weighted by Gasteiger charge is -2.13. The molecule has 0 saturated carbocycles. The summed E-state index contributed by atoms with van der Waals surface area (Å²) < 4.78 is 65.8. The van der Waals surface area contributed by atoms with Gasteiger partial charge in [-0.1, -0.05) is 41.9 Å². The second-order valence-corrected chi connectivity index (χ2v) is 7.40. The van der Waals surface area contributed by atoms with E-state index in [0.29, 0.717) is 11.5 Å². The number of rotatable bonds is 3. The Labute approximate surface area is 147 Å². The SMILES string of the molecule is O=S(=O)(Nc1ccc(Cl)c(C(F)(F)F)c1)c1ccc2ccccc2c1. The molecule has 3 aromatic carbocycles. The van der Waals surface area contributed by atoms with Gasteiger partial charge in [0.05, 0.1) is 15.5 Å². The zero-order chi connectivity index (χ0) is 18.2. The van der Waals surface area contributed by atoms with Crippen LogP contribution in [-0.4, -0.2) is 8.42 Å². The van der Waals surface area contributed by atoms with Crippen LogP contribution in [0.4, 0.5) is 18.9 Å². The fourth-order valence-corrected chi connectivity index (χ4v) is 3.66. The van der Waals surface area contributed by atoms with E-state index in [1.54, 1.807) is 18.2 Å². The average Bonchev–Trinajstić information content (AvgIpc) is 2.55. The molecule has 0 spiro atoms. The molecule has 0 saturated heterocycles. The van der Waals surface area contributed by atoms with Crippen LogP contribution in [0.15, 0.2) is 65.6 Å². The van der Waals surface area contributed by atoms with Crippen LogP contribution in [0, 0.1) is 0 Å². The maximum atomic E-state index is 12.9. The van der Waals surface area contributed by atoms with Gasteiger partial charge in [0.1, 0.15) is 0 Å². The van der Waals surface area contributed by atoms with Crippen molar-refractivity contribution >= 4 is 38.1 Å². The highest BCUT2D eigenvalue weighted by Gasteiger charge is 2.33. The molecule has 3 rings (SSSR count). The predicted octanol–water partition coefficient (Wildman–Crippen LogP) is 5.31. The van der Waals surface area contributed by atoms with Crippen LogP contribution in [0.25, 0.3) is 10.8 Å². The van der Waals surface area contributed by atoms with Crippen LogP contribution in [0.1, 0.15) is 5.56 Å². The van der Waals surface area contributed by atoms with E-state index in [1.165, 1.54) is 18.2 Å². The molecule has 3 nitrogen and oxygen atoms in total. The molecule has 8 heteroatoms. The minimum Gasteiger partial charge on any atom is -0.280 e. The van der Waals surface area contributed by atoms with Gasteiger partial charge in [-0.25, -0.2) is 8.42 Å². The number of alkyl halides is 3. The minimum absolute atomic E-state index is 0.0466. The van der Waals surface area contributed by atoms with Crippen molar-refractivity contribution in [1.82, 2.24) is 0 Å². The Bertz CT molecular complexity index is 1050. The molecule has 0 aliphatic carbocycles. The maximum Gasteiger partial charge on any atom is 0.417 e. The zero-order valence-electron chi connectivity index (χ0n) is 12.5. The number of nitrogens with one attached hydrogen (secondary N) is 1. The van der Waals surface area contributed by atoms with Gasteiger partial charge in [0.2, 0.25) is 0 Å². The number of fused-ring (bicyclic) bond motifs is 1. The largest absolute Gasteiger partial charge is 0.417 e. The molecule has 0 amide bonds.